The van der Waals surface area contributed by atoms with E-state index in [0.717, 1.165) is 35.6 Å². The van der Waals surface area contributed by atoms with Crippen LogP contribution in [-0.4, -0.2) is 54.2 Å². The number of likely N-dealkylation sites (tertiary alicyclic amines) is 1. The molecule has 0 atom stereocenters. The number of hydrazone groups is 1. The molecule has 0 spiro atoms. The van der Waals surface area contributed by atoms with Gasteiger partial charge in [0.05, 0.1) is 13.2 Å². The molecule has 3 aliphatic rings. The number of piperidine rings is 1. The Morgan fingerprint density at radius 1 is 1.10 bits per heavy atom. The number of hydrogen-bond acceptors (Lipinski definition) is 8. The number of hydrogen-bond donors (Lipinski definition) is 4. The van der Waals surface area contributed by atoms with Crippen LogP contribution in [0.5, 0.6) is 5.75 Å². The molecule has 3 heterocycles. The zero-order valence-electron chi connectivity index (χ0n) is 17.0. The molecule has 0 saturated carbocycles. The van der Waals surface area contributed by atoms with Crippen molar-refractivity contribution in [1.29, 1.82) is 0 Å². The summed E-state index contributed by atoms with van der Waals surface area (Å²) >= 11 is 0. The van der Waals surface area contributed by atoms with Crippen LogP contribution in [0.25, 0.3) is 0 Å². The molecule has 2 saturated heterocycles. The molecule has 0 aliphatic carbocycles. The van der Waals surface area contributed by atoms with Gasteiger partial charge in [-0.15, -0.1) is 10.6 Å². The van der Waals surface area contributed by atoms with Crippen LogP contribution in [0.1, 0.15) is 34.3 Å². The fourth-order valence-corrected chi connectivity index (χ4v) is 3.96. The summed E-state index contributed by atoms with van der Waals surface area (Å²) in [5, 5.41) is 14.4. The molecule has 5 rings (SSSR count). The van der Waals surface area contributed by atoms with Crippen molar-refractivity contribution in [2.24, 2.45) is 5.10 Å². The molecule has 4 N–H and O–H groups in total. The lowest BCUT2D eigenvalue weighted by molar-refractivity contribution is -0.184. The number of nitrogens with zero attached hydrogens (tertiary/aromatic N) is 2. The van der Waals surface area contributed by atoms with E-state index in [1.165, 1.54) is 0 Å². The highest BCUT2D eigenvalue weighted by Crippen LogP contribution is 2.29. The average Bonchev–Trinajstić information content (AvgIpc) is 3.33. The van der Waals surface area contributed by atoms with Crippen molar-refractivity contribution in [3.63, 3.8) is 0 Å². The van der Waals surface area contributed by atoms with E-state index in [1.807, 2.05) is 41.3 Å². The van der Waals surface area contributed by atoms with E-state index in [4.69, 9.17) is 9.47 Å². The normalized spacial score (nSPS) is 20.3. The Labute approximate surface area is 180 Å². The minimum atomic E-state index is -0.912. The minimum Gasteiger partial charge on any atom is -0.490 e. The predicted molar refractivity (Wildman–Crippen MR) is 113 cm³/mol. The Morgan fingerprint density at radius 2 is 1.81 bits per heavy atom. The van der Waals surface area contributed by atoms with Crippen LogP contribution in [-0.2, 0) is 10.3 Å². The second kappa shape index (κ2) is 8.18. The standard InChI is InChI=1S/C22H25N5O4/c28-21(16-1-5-17(6-2-16)22(29)13-30-14-22)27-11-9-19(10-12-27)31-18-7-3-15(4-8-18)20-23-25-26-24-20/h1-8,19,25-26,29H,9-14H2,(H,23,24). The molecule has 2 aromatic rings. The van der Waals surface area contributed by atoms with Gasteiger partial charge in [0, 0.05) is 37.1 Å². The third-order valence-corrected chi connectivity index (χ3v) is 5.92. The molecule has 0 radical (unpaired) electrons. The number of carbonyl (C=O) groups excluding carboxylic acids is 1. The molecular weight excluding hydrogens is 398 g/mol. The number of ether oxygens (including phenoxy) is 2. The van der Waals surface area contributed by atoms with Crippen LogP contribution in [0.3, 0.4) is 0 Å². The van der Waals surface area contributed by atoms with Crippen LogP contribution in [0.2, 0.25) is 0 Å². The molecule has 1 amide bonds. The van der Waals surface area contributed by atoms with Crippen LogP contribution in [0.15, 0.2) is 53.6 Å². The maximum absolute atomic E-state index is 12.8. The van der Waals surface area contributed by atoms with Gasteiger partial charge >= 0.3 is 0 Å². The van der Waals surface area contributed by atoms with Crippen LogP contribution in [0.4, 0.5) is 0 Å². The lowest BCUT2D eigenvalue weighted by Gasteiger charge is -2.37. The SMILES string of the molecule is O=C(c1ccc(C2(O)COC2)cc1)N1CCC(Oc2ccc(C3=NNNN3)cc2)CC1. The molecule has 3 aliphatic heterocycles. The maximum Gasteiger partial charge on any atom is 0.253 e. The van der Waals surface area contributed by atoms with Gasteiger partial charge in [-0.2, -0.15) is 0 Å². The number of hydrazine groups is 2. The first-order valence-corrected chi connectivity index (χ1v) is 10.4. The summed E-state index contributed by atoms with van der Waals surface area (Å²) in [6.45, 7) is 1.91. The first kappa shape index (κ1) is 19.8. The van der Waals surface area contributed by atoms with Gasteiger partial charge in [-0.1, -0.05) is 12.1 Å². The lowest BCUT2D eigenvalue weighted by atomic mass is 9.91. The van der Waals surface area contributed by atoms with Gasteiger partial charge in [0.25, 0.3) is 5.91 Å². The molecular formula is C22H25N5O4. The fraction of sp³-hybridized carbons (Fsp3) is 0.364. The van der Waals surface area contributed by atoms with Gasteiger partial charge in [0.2, 0.25) is 0 Å². The quantitative estimate of drug-likeness (QED) is 0.565. The third-order valence-electron chi connectivity index (χ3n) is 5.92. The third kappa shape index (κ3) is 4.07. The Balaban J connectivity index is 1.13. The predicted octanol–water partition coefficient (Wildman–Crippen LogP) is 0.862. The molecule has 0 bridgehead atoms. The zero-order chi connectivity index (χ0) is 21.3. The lowest BCUT2D eigenvalue weighted by Crippen LogP contribution is -2.46. The van der Waals surface area contributed by atoms with E-state index >= 15 is 0 Å². The summed E-state index contributed by atoms with van der Waals surface area (Å²) in [5.41, 5.74) is 9.72. The van der Waals surface area contributed by atoms with Crippen molar-refractivity contribution in [2.45, 2.75) is 24.5 Å². The monoisotopic (exact) mass is 423 g/mol. The Kier molecular flexibility index (Phi) is 5.23. The fourth-order valence-electron chi connectivity index (χ4n) is 3.96. The Hall–Kier alpha value is -3.14. The summed E-state index contributed by atoms with van der Waals surface area (Å²) in [6, 6.07) is 15.0. The maximum atomic E-state index is 12.8. The number of rotatable bonds is 5. The van der Waals surface area contributed by atoms with E-state index in [-0.39, 0.29) is 12.0 Å². The second-order valence-corrected chi connectivity index (χ2v) is 8.06. The second-order valence-electron chi connectivity index (χ2n) is 8.06. The van der Waals surface area contributed by atoms with Crippen molar-refractivity contribution in [2.75, 3.05) is 26.3 Å². The highest BCUT2D eigenvalue weighted by atomic mass is 16.5. The summed E-state index contributed by atoms with van der Waals surface area (Å²) < 4.78 is 11.2. The van der Waals surface area contributed by atoms with Crippen molar-refractivity contribution in [3.8, 4) is 5.75 Å². The van der Waals surface area contributed by atoms with E-state index < -0.39 is 5.60 Å². The zero-order valence-corrected chi connectivity index (χ0v) is 17.0. The molecule has 0 unspecified atom stereocenters. The van der Waals surface area contributed by atoms with Crippen molar-refractivity contribution in [3.05, 3.63) is 65.2 Å². The van der Waals surface area contributed by atoms with E-state index in [1.54, 1.807) is 12.1 Å². The van der Waals surface area contributed by atoms with E-state index in [0.29, 0.717) is 31.9 Å². The largest absolute Gasteiger partial charge is 0.490 e. The van der Waals surface area contributed by atoms with Crippen molar-refractivity contribution in [1.82, 2.24) is 21.4 Å². The van der Waals surface area contributed by atoms with Gasteiger partial charge in [0.1, 0.15) is 17.5 Å². The highest BCUT2D eigenvalue weighted by molar-refractivity contribution is 5.99. The summed E-state index contributed by atoms with van der Waals surface area (Å²) in [7, 11) is 0. The topological polar surface area (TPSA) is 107 Å². The van der Waals surface area contributed by atoms with E-state index in [9.17, 15) is 9.90 Å². The molecule has 2 aromatic carbocycles. The number of benzene rings is 2. The Morgan fingerprint density at radius 3 is 2.39 bits per heavy atom. The first-order chi connectivity index (χ1) is 15.1. The van der Waals surface area contributed by atoms with Crippen LogP contribution in [0, 0.1) is 0 Å². The van der Waals surface area contributed by atoms with Gasteiger partial charge in [-0.05, 0) is 42.0 Å². The molecule has 162 valence electrons. The smallest absolute Gasteiger partial charge is 0.253 e. The molecule has 31 heavy (non-hydrogen) atoms. The number of nitrogens with one attached hydrogen (secondary N) is 3. The molecule has 9 heteroatoms. The number of carbonyl (C=O) groups is 1. The van der Waals surface area contributed by atoms with Gasteiger partial charge in [0.15, 0.2) is 5.84 Å². The van der Waals surface area contributed by atoms with E-state index in [2.05, 4.69) is 21.6 Å². The van der Waals surface area contributed by atoms with Gasteiger partial charge in [-0.25, -0.2) is 5.53 Å². The van der Waals surface area contributed by atoms with Crippen LogP contribution < -0.4 is 21.2 Å². The highest BCUT2D eigenvalue weighted by Gasteiger charge is 2.38. The van der Waals surface area contributed by atoms with Gasteiger partial charge in [-0.3, -0.25) is 10.2 Å². The molecule has 0 aromatic heterocycles. The van der Waals surface area contributed by atoms with Crippen molar-refractivity contribution < 1.29 is 19.4 Å². The summed E-state index contributed by atoms with van der Waals surface area (Å²) in [4.78, 5) is 14.7. The van der Waals surface area contributed by atoms with Crippen molar-refractivity contribution >= 4 is 11.7 Å². The number of amidine groups is 1. The average molecular weight is 423 g/mol. The number of aliphatic hydroxyl groups is 1. The van der Waals surface area contributed by atoms with Crippen LogP contribution >= 0.6 is 0 Å². The molecule has 2 fully saturated rings. The minimum absolute atomic E-state index is 0.0123. The molecule has 9 nitrogen and oxygen atoms in total. The first-order valence-electron chi connectivity index (χ1n) is 10.4. The Bertz CT molecular complexity index is 964. The number of amides is 1. The summed E-state index contributed by atoms with van der Waals surface area (Å²) in [6.07, 6.45) is 1.64. The van der Waals surface area contributed by atoms with Gasteiger partial charge < -0.3 is 19.5 Å². The summed E-state index contributed by atoms with van der Waals surface area (Å²) in [5.74, 6) is 1.54.